The molecule has 0 spiro atoms. The van der Waals surface area contributed by atoms with Gasteiger partial charge in [-0.25, -0.2) is 18.2 Å². The van der Waals surface area contributed by atoms with Crippen molar-refractivity contribution in [3.63, 3.8) is 0 Å². The van der Waals surface area contributed by atoms with Crippen LogP contribution in [-0.2, 0) is 30.0 Å². The predicted octanol–water partition coefficient (Wildman–Crippen LogP) is 2.28. The first-order valence-corrected chi connectivity index (χ1v) is 13.5. The van der Waals surface area contributed by atoms with Crippen LogP contribution in [0.5, 0.6) is 0 Å². The molecule has 184 valence electrons. The summed E-state index contributed by atoms with van der Waals surface area (Å²) in [6.45, 7) is 1.35. The van der Waals surface area contributed by atoms with Crippen LogP contribution in [0.4, 0.5) is 4.39 Å². The van der Waals surface area contributed by atoms with Gasteiger partial charge < -0.3 is 0 Å². The number of aryl methyl sites for hydroxylation is 2. The number of aromatic nitrogens is 5. The summed E-state index contributed by atoms with van der Waals surface area (Å²) in [5.41, 5.74) is -0.929. The molecule has 1 aliphatic rings. The third-order valence-corrected chi connectivity index (χ3v) is 9.24. The number of benzene rings is 1. The van der Waals surface area contributed by atoms with Gasteiger partial charge >= 0.3 is 5.69 Å². The quantitative estimate of drug-likeness (QED) is 0.355. The number of thiazole rings is 1. The maximum absolute atomic E-state index is 13.5. The van der Waals surface area contributed by atoms with Crippen LogP contribution in [0.15, 0.2) is 51.3 Å². The first-order valence-electron chi connectivity index (χ1n) is 11.1. The molecule has 9 nitrogen and oxygen atoms in total. The molecule has 1 fully saturated rings. The molecule has 0 radical (unpaired) electrons. The molecule has 3 aromatic heterocycles. The van der Waals surface area contributed by atoms with Crippen LogP contribution in [0.2, 0.25) is 0 Å². The van der Waals surface area contributed by atoms with Gasteiger partial charge in [0, 0.05) is 35.3 Å². The highest BCUT2D eigenvalue weighted by molar-refractivity contribution is 7.91. The van der Waals surface area contributed by atoms with E-state index >= 15 is 0 Å². The molecule has 4 aromatic rings. The molecule has 12 heteroatoms. The van der Waals surface area contributed by atoms with Crippen molar-refractivity contribution in [1.82, 2.24) is 23.9 Å². The average molecular weight is 518 g/mol. The minimum atomic E-state index is -3.82. The van der Waals surface area contributed by atoms with Crippen LogP contribution in [0.25, 0.3) is 10.9 Å². The first kappa shape index (κ1) is 23.6. The lowest BCUT2D eigenvalue weighted by Gasteiger charge is -2.15. The molecule has 0 atom stereocenters. The van der Waals surface area contributed by atoms with Crippen molar-refractivity contribution in [3.8, 4) is 0 Å². The number of halogens is 1. The zero-order valence-corrected chi connectivity index (χ0v) is 20.9. The van der Waals surface area contributed by atoms with E-state index < -0.39 is 33.2 Å². The van der Waals surface area contributed by atoms with Crippen LogP contribution < -0.4 is 11.2 Å². The summed E-state index contributed by atoms with van der Waals surface area (Å²) in [6, 6.07) is 4.20. The molecule has 0 amide bonds. The van der Waals surface area contributed by atoms with Crippen molar-refractivity contribution in [3.05, 3.63) is 73.1 Å². The molecule has 1 aliphatic carbocycles. The van der Waals surface area contributed by atoms with Gasteiger partial charge in [-0.15, -0.1) is 11.3 Å². The Kier molecular flexibility index (Phi) is 5.75. The van der Waals surface area contributed by atoms with Crippen molar-refractivity contribution in [2.75, 3.05) is 12.4 Å². The molecule has 0 aliphatic heterocycles. The number of nitrogens with zero attached hydrogens (tertiary/aromatic N) is 5. The lowest BCUT2D eigenvalue weighted by molar-refractivity contribution is 0.367. The molecule has 0 saturated heterocycles. The van der Waals surface area contributed by atoms with Gasteiger partial charge in [0.15, 0.2) is 9.84 Å². The number of fused-ring (bicyclic) bond motifs is 1. The van der Waals surface area contributed by atoms with E-state index in [0.29, 0.717) is 23.9 Å². The Bertz CT molecular complexity index is 1660. The third-order valence-electron chi connectivity index (χ3n) is 6.37. The molecular weight excluding hydrogens is 493 g/mol. The Balaban J connectivity index is 1.68. The fourth-order valence-electron chi connectivity index (χ4n) is 4.24. The van der Waals surface area contributed by atoms with Crippen LogP contribution in [0.3, 0.4) is 0 Å². The summed E-state index contributed by atoms with van der Waals surface area (Å²) in [5, 5.41) is 5.05. The third kappa shape index (κ3) is 4.47. The highest BCUT2D eigenvalue weighted by atomic mass is 32.2. The average Bonchev–Trinajstić information content (AvgIpc) is 3.26. The number of sulfone groups is 1. The van der Waals surface area contributed by atoms with Gasteiger partial charge in [-0.1, -0.05) is 0 Å². The number of hydrogen-bond donors (Lipinski definition) is 0. The van der Waals surface area contributed by atoms with E-state index in [1.807, 2.05) is 6.92 Å². The number of alkyl halides is 1. The summed E-state index contributed by atoms with van der Waals surface area (Å²) in [4.78, 5) is 31.9. The first-order chi connectivity index (χ1) is 16.6. The van der Waals surface area contributed by atoms with Crippen LogP contribution in [-0.4, -0.2) is 44.7 Å². The van der Waals surface area contributed by atoms with E-state index in [1.165, 1.54) is 34.1 Å². The monoisotopic (exact) mass is 517 g/mol. The Morgan fingerprint density at radius 1 is 1.14 bits per heavy atom. The normalized spacial score (nSPS) is 15.1. The summed E-state index contributed by atoms with van der Waals surface area (Å²) in [5.74, 6) is -0.300. The second-order valence-corrected chi connectivity index (χ2v) is 12.5. The van der Waals surface area contributed by atoms with E-state index in [1.54, 1.807) is 30.3 Å². The smallest absolute Gasteiger partial charge is 0.288 e. The van der Waals surface area contributed by atoms with E-state index in [2.05, 4.69) is 10.1 Å². The van der Waals surface area contributed by atoms with Crippen LogP contribution >= 0.6 is 11.3 Å². The SMILES string of the molecule is Cc1ncc(Cn2c(=O)n(Cc3cnn(C)c3)c(=O)c3cc(S(=O)(=O)CC4(CF)CC4)ccc32)s1. The van der Waals surface area contributed by atoms with E-state index in [9.17, 15) is 22.4 Å². The van der Waals surface area contributed by atoms with Crippen molar-refractivity contribution in [2.24, 2.45) is 12.5 Å². The molecule has 1 saturated carbocycles. The Morgan fingerprint density at radius 2 is 1.91 bits per heavy atom. The van der Waals surface area contributed by atoms with Crippen LogP contribution in [0.1, 0.15) is 28.3 Å². The van der Waals surface area contributed by atoms with E-state index in [4.69, 9.17) is 0 Å². The molecule has 1 aromatic carbocycles. The fourth-order valence-corrected chi connectivity index (χ4v) is 6.93. The zero-order chi connectivity index (χ0) is 25.0. The molecule has 3 heterocycles. The van der Waals surface area contributed by atoms with Crippen molar-refractivity contribution >= 4 is 32.1 Å². The zero-order valence-electron chi connectivity index (χ0n) is 19.3. The van der Waals surface area contributed by atoms with Crippen molar-refractivity contribution in [1.29, 1.82) is 0 Å². The largest absolute Gasteiger partial charge is 0.332 e. The molecular formula is C23H24FN5O4S2. The van der Waals surface area contributed by atoms with Gasteiger partial charge in [-0.05, 0) is 38.0 Å². The number of rotatable bonds is 8. The number of hydrogen-bond acceptors (Lipinski definition) is 7. The van der Waals surface area contributed by atoms with Gasteiger partial charge in [-0.3, -0.25) is 23.0 Å². The summed E-state index contributed by atoms with van der Waals surface area (Å²) < 4.78 is 43.6. The topological polar surface area (TPSA) is 109 Å². The minimum absolute atomic E-state index is 0.00882. The Labute approximate surface area is 204 Å². The lowest BCUT2D eigenvalue weighted by atomic mass is 10.2. The van der Waals surface area contributed by atoms with E-state index in [0.717, 1.165) is 14.5 Å². The Hall–Kier alpha value is -3.12. The lowest BCUT2D eigenvalue weighted by Crippen LogP contribution is -2.40. The van der Waals surface area contributed by atoms with Crippen molar-refractivity contribution < 1.29 is 12.8 Å². The predicted molar refractivity (Wildman–Crippen MR) is 130 cm³/mol. The molecule has 35 heavy (non-hydrogen) atoms. The Morgan fingerprint density at radius 3 is 2.51 bits per heavy atom. The highest BCUT2D eigenvalue weighted by Crippen LogP contribution is 2.47. The summed E-state index contributed by atoms with van der Waals surface area (Å²) in [6.07, 6.45) is 6.02. The van der Waals surface area contributed by atoms with Gasteiger partial charge in [0.1, 0.15) is 0 Å². The summed E-state index contributed by atoms with van der Waals surface area (Å²) in [7, 11) is -2.09. The standard InChI is InChI=1S/C23H24FN5O4S2/c1-15-25-9-17(34-15)12-28-20-4-3-18(35(32,33)14-23(13-24)5-6-23)7-19(20)21(30)29(22(28)31)11-16-8-26-27(2)10-16/h3-4,7-10H,5-6,11-14H2,1-2H3. The molecule has 0 N–H and O–H groups in total. The highest BCUT2D eigenvalue weighted by Gasteiger charge is 2.46. The van der Waals surface area contributed by atoms with Gasteiger partial charge in [0.2, 0.25) is 0 Å². The fraction of sp³-hybridized carbons (Fsp3) is 0.391. The molecule has 0 unspecified atom stereocenters. The molecule has 0 bridgehead atoms. The summed E-state index contributed by atoms with van der Waals surface area (Å²) >= 11 is 1.44. The van der Waals surface area contributed by atoms with Gasteiger partial charge in [-0.2, -0.15) is 5.10 Å². The van der Waals surface area contributed by atoms with Gasteiger partial charge in [0.25, 0.3) is 5.56 Å². The van der Waals surface area contributed by atoms with Crippen LogP contribution in [0, 0.1) is 12.3 Å². The maximum atomic E-state index is 13.5. The maximum Gasteiger partial charge on any atom is 0.332 e. The second kappa shape index (κ2) is 8.52. The minimum Gasteiger partial charge on any atom is -0.288 e. The van der Waals surface area contributed by atoms with Gasteiger partial charge in [0.05, 0.1) is 52.5 Å². The second-order valence-electron chi connectivity index (χ2n) is 9.20. The molecule has 5 rings (SSSR count). The van der Waals surface area contributed by atoms with E-state index in [-0.39, 0.29) is 29.1 Å². The van der Waals surface area contributed by atoms with Crippen molar-refractivity contribution in [2.45, 2.75) is 37.8 Å².